The zero-order chi connectivity index (χ0) is 14.5. The van der Waals surface area contributed by atoms with Crippen molar-refractivity contribution in [2.24, 2.45) is 0 Å². The molecule has 0 radical (unpaired) electrons. The van der Waals surface area contributed by atoms with Crippen LogP contribution in [0, 0.1) is 0 Å². The number of methoxy groups -OCH3 is 2. The molecular weight excluding hydrogens is 254 g/mol. The Balaban J connectivity index is 2.16. The number of rotatable bonds is 5. The lowest BCUT2D eigenvalue weighted by Crippen LogP contribution is -2.06. The van der Waals surface area contributed by atoms with Crippen molar-refractivity contribution >= 4 is 5.69 Å². The van der Waals surface area contributed by atoms with Crippen LogP contribution in [-0.2, 0) is 0 Å². The van der Waals surface area contributed by atoms with Gasteiger partial charge in [0, 0.05) is 11.7 Å². The fourth-order valence-corrected chi connectivity index (χ4v) is 2.01. The van der Waals surface area contributed by atoms with Gasteiger partial charge in [-0.3, -0.25) is 0 Å². The molecule has 106 valence electrons. The van der Waals surface area contributed by atoms with Gasteiger partial charge in [0.2, 0.25) is 0 Å². The number of nitrogens with one attached hydrogen (secondary N) is 1. The van der Waals surface area contributed by atoms with E-state index in [0.717, 1.165) is 11.3 Å². The van der Waals surface area contributed by atoms with E-state index in [1.54, 1.807) is 26.4 Å². The molecular formula is C16H19NO3. The molecule has 20 heavy (non-hydrogen) atoms. The van der Waals surface area contributed by atoms with Crippen LogP contribution >= 0.6 is 0 Å². The van der Waals surface area contributed by atoms with Gasteiger partial charge >= 0.3 is 0 Å². The summed E-state index contributed by atoms with van der Waals surface area (Å²) in [5.41, 5.74) is 2.04. The third kappa shape index (κ3) is 3.15. The molecule has 0 aliphatic heterocycles. The molecule has 0 aliphatic rings. The molecule has 0 saturated carbocycles. The topological polar surface area (TPSA) is 50.7 Å². The van der Waals surface area contributed by atoms with Crippen molar-refractivity contribution in [2.75, 3.05) is 19.5 Å². The lowest BCUT2D eigenvalue weighted by molar-refractivity contribution is 0.354. The maximum absolute atomic E-state index is 9.28. The Morgan fingerprint density at radius 2 is 1.60 bits per heavy atom. The first-order valence-corrected chi connectivity index (χ1v) is 6.41. The highest BCUT2D eigenvalue weighted by atomic mass is 16.5. The second kappa shape index (κ2) is 6.19. The van der Waals surface area contributed by atoms with E-state index < -0.39 is 0 Å². The maximum atomic E-state index is 9.28. The van der Waals surface area contributed by atoms with Crippen LogP contribution in [-0.4, -0.2) is 19.3 Å². The van der Waals surface area contributed by atoms with Crippen LogP contribution < -0.4 is 14.8 Å². The van der Waals surface area contributed by atoms with Crippen molar-refractivity contribution in [1.82, 2.24) is 0 Å². The smallest absolute Gasteiger partial charge is 0.161 e. The quantitative estimate of drug-likeness (QED) is 0.817. The van der Waals surface area contributed by atoms with E-state index >= 15 is 0 Å². The highest BCUT2D eigenvalue weighted by Gasteiger charge is 2.10. The summed E-state index contributed by atoms with van der Waals surface area (Å²) in [6, 6.07) is 12.9. The molecule has 0 fully saturated rings. The monoisotopic (exact) mass is 273 g/mol. The molecule has 2 aromatic carbocycles. The van der Waals surface area contributed by atoms with Crippen molar-refractivity contribution in [3.63, 3.8) is 0 Å². The molecule has 4 heteroatoms. The number of phenolic OH excluding ortho intramolecular Hbond substituents is 1. The van der Waals surface area contributed by atoms with Gasteiger partial charge in [-0.1, -0.05) is 6.07 Å². The summed E-state index contributed by atoms with van der Waals surface area (Å²) in [6.07, 6.45) is 0. The Bertz CT molecular complexity index is 566. The lowest BCUT2D eigenvalue weighted by atomic mass is 10.1. The third-order valence-electron chi connectivity index (χ3n) is 3.16. The van der Waals surface area contributed by atoms with E-state index in [-0.39, 0.29) is 11.8 Å². The Labute approximate surface area is 119 Å². The first kappa shape index (κ1) is 14.1. The summed E-state index contributed by atoms with van der Waals surface area (Å²) in [4.78, 5) is 0. The summed E-state index contributed by atoms with van der Waals surface area (Å²) in [5.74, 6) is 1.69. The molecule has 0 heterocycles. The average Bonchev–Trinajstić information content (AvgIpc) is 2.48. The molecule has 1 unspecified atom stereocenters. The predicted octanol–water partition coefficient (Wildman–Crippen LogP) is 3.58. The van der Waals surface area contributed by atoms with Gasteiger partial charge in [0.25, 0.3) is 0 Å². The zero-order valence-corrected chi connectivity index (χ0v) is 11.9. The summed E-state index contributed by atoms with van der Waals surface area (Å²) in [5, 5.41) is 12.6. The number of hydrogen-bond donors (Lipinski definition) is 2. The van der Waals surface area contributed by atoms with Crippen LogP contribution in [0.15, 0.2) is 42.5 Å². The van der Waals surface area contributed by atoms with Gasteiger partial charge < -0.3 is 19.9 Å². The van der Waals surface area contributed by atoms with Crippen LogP contribution in [0.4, 0.5) is 5.69 Å². The van der Waals surface area contributed by atoms with Crippen LogP contribution in [0.2, 0.25) is 0 Å². The number of aromatic hydroxyl groups is 1. The number of benzene rings is 2. The Morgan fingerprint density at radius 1 is 0.950 bits per heavy atom. The SMILES string of the molecule is COc1ccc(C(C)Nc2ccc(O)cc2)cc1OC. The molecule has 2 rings (SSSR count). The number of anilines is 1. The normalized spacial score (nSPS) is 11.8. The van der Waals surface area contributed by atoms with E-state index in [1.807, 2.05) is 30.3 Å². The van der Waals surface area contributed by atoms with Gasteiger partial charge in [-0.2, -0.15) is 0 Å². The minimum absolute atomic E-state index is 0.111. The van der Waals surface area contributed by atoms with Crippen molar-refractivity contribution < 1.29 is 14.6 Å². The molecule has 0 aliphatic carbocycles. The first-order valence-electron chi connectivity index (χ1n) is 6.41. The van der Waals surface area contributed by atoms with Crippen LogP contribution in [0.5, 0.6) is 17.2 Å². The second-order valence-electron chi connectivity index (χ2n) is 4.53. The van der Waals surface area contributed by atoms with E-state index in [4.69, 9.17) is 9.47 Å². The van der Waals surface area contributed by atoms with Crippen molar-refractivity contribution in [3.8, 4) is 17.2 Å². The van der Waals surface area contributed by atoms with Gasteiger partial charge in [-0.15, -0.1) is 0 Å². The van der Waals surface area contributed by atoms with Crippen molar-refractivity contribution in [1.29, 1.82) is 0 Å². The Kier molecular flexibility index (Phi) is 4.35. The van der Waals surface area contributed by atoms with Crippen LogP contribution in [0.25, 0.3) is 0 Å². The van der Waals surface area contributed by atoms with Crippen molar-refractivity contribution in [3.05, 3.63) is 48.0 Å². The minimum atomic E-state index is 0.111. The molecule has 0 spiro atoms. The summed E-state index contributed by atoms with van der Waals surface area (Å²) < 4.78 is 10.5. The van der Waals surface area contributed by atoms with Gasteiger partial charge in [-0.05, 0) is 48.9 Å². The van der Waals surface area contributed by atoms with E-state index in [0.29, 0.717) is 11.5 Å². The summed E-state index contributed by atoms with van der Waals surface area (Å²) in [7, 11) is 3.25. The largest absolute Gasteiger partial charge is 0.508 e. The molecule has 1 atom stereocenters. The fraction of sp³-hybridized carbons (Fsp3) is 0.250. The fourth-order valence-electron chi connectivity index (χ4n) is 2.01. The predicted molar refractivity (Wildman–Crippen MR) is 79.7 cm³/mol. The molecule has 0 amide bonds. The summed E-state index contributed by atoms with van der Waals surface area (Å²) in [6.45, 7) is 2.06. The minimum Gasteiger partial charge on any atom is -0.508 e. The van der Waals surface area contributed by atoms with Gasteiger partial charge in [0.05, 0.1) is 14.2 Å². The zero-order valence-electron chi connectivity index (χ0n) is 11.9. The van der Waals surface area contributed by atoms with Gasteiger partial charge in [0.1, 0.15) is 5.75 Å². The molecule has 2 N–H and O–H groups in total. The van der Waals surface area contributed by atoms with E-state index in [9.17, 15) is 5.11 Å². The highest BCUT2D eigenvalue weighted by Crippen LogP contribution is 2.31. The van der Waals surface area contributed by atoms with E-state index in [1.165, 1.54) is 0 Å². The summed E-state index contributed by atoms with van der Waals surface area (Å²) >= 11 is 0. The standard InChI is InChI=1S/C16H19NO3/c1-11(17-13-5-7-14(18)8-6-13)12-4-9-15(19-2)16(10-12)20-3/h4-11,17-18H,1-3H3. The third-order valence-corrected chi connectivity index (χ3v) is 3.16. The highest BCUT2D eigenvalue weighted by molar-refractivity contribution is 5.50. The Morgan fingerprint density at radius 3 is 2.20 bits per heavy atom. The number of ether oxygens (including phenoxy) is 2. The molecule has 0 bridgehead atoms. The number of hydrogen-bond acceptors (Lipinski definition) is 4. The molecule has 0 aromatic heterocycles. The second-order valence-corrected chi connectivity index (χ2v) is 4.53. The van der Waals surface area contributed by atoms with Gasteiger partial charge in [-0.25, -0.2) is 0 Å². The van der Waals surface area contributed by atoms with E-state index in [2.05, 4.69) is 12.2 Å². The lowest BCUT2D eigenvalue weighted by Gasteiger charge is -2.17. The average molecular weight is 273 g/mol. The maximum Gasteiger partial charge on any atom is 0.161 e. The molecule has 2 aromatic rings. The van der Waals surface area contributed by atoms with Crippen LogP contribution in [0.3, 0.4) is 0 Å². The van der Waals surface area contributed by atoms with Gasteiger partial charge in [0.15, 0.2) is 11.5 Å². The Hall–Kier alpha value is -2.36. The molecule has 0 saturated heterocycles. The van der Waals surface area contributed by atoms with Crippen molar-refractivity contribution in [2.45, 2.75) is 13.0 Å². The number of phenols is 1. The molecule has 4 nitrogen and oxygen atoms in total. The van der Waals surface area contributed by atoms with Crippen LogP contribution in [0.1, 0.15) is 18.5 Å². The first-order chi connectivity index (χ1) is 9.63.